The molecule has 0 atom stereocenters. The van der Waals surface area contributed by atoms with E-state index in [1.54, 1.807) is 7.11 Å². The highest BCUT2D eigenvalue weighted by molar-refractivity contribution is 7.99. The first-order valence-electron chi connectivity index (χ1n) is 7.40. The van der Waals surface area contributed by atoms with Crippen molar-refractivity contribution in [2.24, 2.45) is 0 Å². The van der Waals surface area contributed by atoms with Crippen molar-refractivity contribution in [2.75, 3.05) is 18.7 Å². The molecule has 8 heteroatoms. The standard InChI is InChI=1S/C15H19N5O2S/c1-22-12-6-2-10(3-7-12)8-17-13(21)9-23-15-19-18-14(20(15)16)11-4-5-11/h2-3,6-7,11H,4-5,8-9,16H2,1H3,(H,17,21). The number of aromatic nitrogens is 3. The van der Waals surface area contributed by atoms with E-state index in [1.165, 1.54) is 16.4 Å². The molecule has 0 spiro atoms. The van der Waals surface area contributed by atoms with Crippen molar-refractivity contribution in [3.05, 3.63) is 35.7 Å². The second-order valence-electron chi connectivity index (χ2n) is 5.40. The number of hydrogen-bond acceptors (Lipinski definition) is 6. The van der Waals surface area contributed by atoms with E-state index in [4.69, 9.17) is 10.6 Å². The van der Waals surface area contributed by atoms with E-state index < -0.39 is 0 Å². The van der Waals surface area contributed by atoms with Crippen LogP contribution >= 0.6 is 11.8 Å². The van der Waals surface area contributed by atoms with Crippen LogP contribution in [0.5, 0.6) is 5.75 Å². The molecule has 122 valence electrons. The molecule has 1 aliphatic rings. The van der Waals surface area contributed by atoms with Gasteiger partial charge >= 0.3 is 0 Å². The summed E-state index contributed by atoms with van der Waals surface area (Å²) in [4.78, 5) is 11.9. The van der Waals surface area contributed by atoms with Gasteiger partial charge in [-0.05, 0) is 30.5 Å². The molecule has 3 rings (SSSR count). The van der Waals surface area contributed by atoms with Crippen molar-refractivity contribution in [2.45, 2.75) is 30.5 Å². The number of nitrogens with zero attached hydrogens (tertiary/aromatic N) is 3. The summed E-state index contributed by atoms with van der Waals surface area (Å²) in [5.74, 6) is 8.19. The van der Waals surface area contributed by atoms with E-state index >= 15 is 0 Å². The van der Waals surface area contributed by atoms with Crippen LogP contribution in [-0.4, -0.2) is 33.6 Å². The Bertz CT molecular complexity index is 682. The summed E-state index contributed by atoms with van der Waals surface area (Å²) in [5.41, 5.74) is 1.02. The normalized spacial score (nSPS) is 13.8. The highest BCUT2D eigenvalue weighted by atomic mass is 32.2. The van der Waals surface area contributed by atoms with Crippen molar-refractivity contribution in [3.8, 4) is 5.75 Å². The van der Waals surface area contributed by atoms with E-state index in [1.807, 2.05) is 24.3 Å². The molecule has 23 heavy (non-hydrogen) atoms. The summed E-state index contributed by atoms with van der Waals surface area (Å²) < 4.78 is 6.60. The van der Waals surface area contributed by atoms with E-state index in [2.05, 4.69) is 15.5 Å². The quantitative estimate of drug-likeness (QED) is 0.585. The van der Waals surface area contributed by atoms with Crippen LogP contribution in [0.3, 0.4) is 0 Å². The average molecular weight is 333 g/mol. The molecule has 3 N–H and O–H groups in total. The van der Waals surface area contributed by atoms with Gasteiger partial charge in [-0.1, -0.05) is 23.9 Å². The molecule has 1 aliphatic carbocycles. The lowest BCUT2D eigenvalue weighted by atomic mass is 10.2. The fourth-order valence-corrected chi connectivity index (χ4v) is 2.83. The predicted octanol–water partition coefficient (Wildman–Crippen LogP) is 1.29. The maximum absolute atomic E-state index is 11.9. The zero-order chi connectivity index (χ0) is 16.2. The lowest BCUT2D eigenvalue weighted by Gasteiger charge is -2.06. The second kappa shape index (κ2) is 6.91. The number of thioether (sulfide) groups is 1. The first kappa shape index (κ1) is 15.7. The van der Waals surface area contributed by atoms with E-state index in [0.29, 0.717) is 17.6 Å². The lowest BCUT2D eigenvalue weighted by molar-refractivity contribution is -0.118. The summed E-state index contributed by atoms with van der Waals surface area (Å²) in [7, 11) is 1.62. The smallest absolute Gasteiger partial charge is 0.230 e. The predicted molar refractivity (Wildman–Crippen MR) is 87.7 cm³/mol. The van der Waals surface area contributed by atoms with Gasteiger partial charge in [0, 0.05) is 12.5 Å². The molecule has 0 aliphatic heterocycles. The van der Waals surface area contributed by atoms with Gasteiger partial charge in [0.25, 0.3) is 0 Å². The number of hydrogen-bond donors (Lipinski definition) is 2. The Balaban J connectivity index is 1.45. The number of benzene rings is 1. The van der Waals surface area contributed by atoms with Crippen LogP contribution in [-0.2, 0) is 11.3 Å². The Kier molecular flexibility index (Phi) is 4.71. The summed E-state index contributed by atoms with van der Waals surface area (Å²) >= 11 is 1.29. The molecule has 2 aromatic rings. The molecular weight excluding hydrogens is 314 g/mol. The van der Waals surface area contributed by atoms with Gasteiger partial charge in [-0.15, -0.1) is 10.2 Å². The maximum Gasteiger partial charge on any atom is 0.230 e. The number of carbonyl (C=O) groups is 1. The Labute approximate surface area is 138 Å². The summed E-state index contributed by atoms with van der Waals surface area (Å²) in [5, 5.41) is 11.6. The van der Waals surface area contributed by atoms with Gasteiger partial charge in [0.15, 0.2) is 5.82 Å². The Hall–Kier alpha value is -2.22. The highest BCUT2D eigenvalue weighted by Crippen LogP contribution is 2.39. The van der Waals surface area contributed by atoms with Gasteiger partial charge in [-0.3, -0.25) is 4.79 Å². The van der Waals surface area contributed by atoms with Gasteiger partial charge < -0.3 is 15.9 Å². The number of methoxy groups -OCH3 is 1. The molecule has 7 nitrogen and oxygen atoms in total. The minimum absolute atomic E-state index is 0.0678. The molecule has 1 saturated carbocycles. The van der Waals surface area contributed by atoms with Crippen LogP contribution < -0.4 is 15.9 Å². The van der Waals surface area contributed by atoms with Crippen molar-refractivity contribution < 1.29 is 9.53 Å². The first-order chi connectivity index (χ1) is 11.2. The Morgan fingerprint density at radius 2 is 2.13 bits per heavy atom. The Morgan fingerprint density at radius 1 is 1.39 bits per heavy atom. The zero-order valence-corrected chi connectivity index (χ0v) is 13.7. The molecular formula is C15H19N5O2S. The summed E-state index contributed by atoms with van der Waals surface area (Å²) in [6, 6.07) is 7.58. The first-order valence-corrected chi connectivity index (χ1v) is 8.38. The summed E-state index contributed by atoms with van der Waals surface area (Å²) in [6.07, 6.45) is 2.23. The number of nitrogens with one attached hydrogen (secondary N) is 1. The summed E-state index contributed by atoms with van der Waals surface area (Å²) in [6.45, 7) is 0.478. The maximum atomic E-state index is 11.9. The number of carbonyl (C=O) groups excluding carboxylic acids is 1. The fraction of sp³-hybridized carbons (Fsp3) is 0.400. The van der Waals surface area contributed by atoms with Crippen molar-refractivity contribution in [1.29, 1.82) is 0 Å². The van der Waals surface area contributed by atoms with Gasteiger partial charge in [-0.25, -0.2) is 4.68 Å². The molecule has 1 aromatic carbocycles. The zero-order valence-electron chi connectivity index (χ0n) is 12.9. The van der Waals surface area contributed by atoms with Crippen molar-refractivity contribution in [1.82, 2.24) is 20.2 Å². The molecule has 1 amide bonds. The topological polar surface area (TPSA) is 95.1 Å². The lowest BCUT2D eigenvalue weighted by Crippen LogP contribution is -2.25. The van der Waals surface area contributed by atoms with E-state index in [0.717, 1.165) is 30.0 Å². The van der Waals surface area contributed by atoms with Crippen LogP contribution in [0.2, 0.25) is 0 Å². The minimum Gasteiger partial charge on any atom is -0.497 e. The minimum atomic E-state index is -0.0678. The molecule has 1 heterocycles. The van der Waals surface area contributed by atoms with E-state index in [9.17, 15) is 4.79 Å². The van der Waals surface area contributed by atoms with Crippen molar-refractivity contribution >= 4 is 17.7 Å². The number of nitrogen functional groups attached to an aromatic ring is 1. The van der Waals surface area contributed by atoms with Crippen molar-refractivity contribution in [3.63, 3.8) is 0 Å². The third kappa shape index (κ3) is 3.95. The SMILES string of the molecule is COc1ccc(CNC(=O)CSc2nnc(C3CC3)n2N)cc1. The van der Waals surface area contributed by atoms with Gasteiger partial charge in [-0.2, -0.15) is 0 Å². The van der Waals surface area contributed by atoms with Gasteiger partial charge in [0.2, 0.25) is 11.1 Å². The molecule has 1 aromatic heterocycles. The van der Waals surface area contributed by atoms with Crippen LogP contribution in [0.25, 0.3) is 0 Å². The largest absolute Gasteiger partial charge is 0.497 e. The number of amides is 1. The van der Waals surface area contributed by atoms with E-state index in [-0.39, 0.29) is 11.7 Å². The van der Waals surface area contributed by atoms with Crippen LogP contribution in [0, 0.1) is 0 Å². The second-order valence-corrected chi connectivity index (χ2v) is 6.34. The van der Waals surface area contributed by atoms with Crippen LogP contribution in [0.4, 0.5) is 0 Å². The highest BCUT2D eigenvalue weighted by Gasteiger charge is 2.29. The van der Waals surface area contributed by atoms with Gasteiger partial charge in [0.1, 0.15) is 5.75 Å². The number of rotatable bonds is 7. The average Bonchev–Trinajstić information content (AvgIpc) is 3.35. The molecule has 0 unspecified atom stereocenters. The third-order valence-corrected chi connectivity index (χ3v) is 4.56. The van der Waals surface area contributed by atoms with Gasteiger partial charge in [0.05, 0.1) is 12.9 Å². The monoisotopic (exact) mass is 333 g/mol. The molecule has 0 bridgehead atoms. The number of ether oxygens (including phenoxy) is 1. The number of nitrogens with two attached hydrogens (primary N) is 1. The van der Waals surface area contributed by atoms with Crippen LogP contribution in [0.15, 0.2) is 29.4 Å². The molecule has 1 fully saturated rings. The third-order valence-electron chi connectivity index (χ3n) is 3.61. The van der Waals surface area contributed by atoms with Crippen LogP contribution in [0.1, 0.15) is 30.1 Å². The molecule has 0 saturated heterocycles. The fourth-order valence-electron chi connectivity index (χ4n) is 2.13. The Morgan fingerprint density at radius 3 is 2.78 bits per heavy atom. The molecule has 0 radical (unpaired) electrons.